The van der Waals surface area contributed by atoms with E-state index in [2.05, 4.69) is 6.58 Å². The molecule has 0 aromatic heterocycles. The molecule has 1 N–H and O–H groups in total. The second kappa shape index (κ2) is 9.89. The summed E-state index contributed by atoms with van der Waals surface area (Å²) in [6.07, 6.45) is 11.6. The van der Waals surface area contributed by atoms with E-state index in [1.165, 1.54) is 38.3 Å². The maximum Gasteiger partial charge on any atom is 0.344 e. The van der Waals surface area contributed by atoms with Crippen molar-refractivity contribution in [2.45, 2.75) is 63.6 Å². The van der Waals surface area contributed by atoms with E-state index in [0.717, 1.165) is 32.6 Å². The Labute approximate surface area is 206 Å². The van der Waals surface area contributed by atoms with Gasteiger partial charge in [0.05, 0.1) is 13.4 Å². The van der Waals surface area contributed by atoms with Crippen molar-refractivity contribution in [2.24, 2.45) is 23.7 Å². The number of carbonyl (C=O) groups is 3. The fraction of sp³-hybridized carbons (Fsp3) is 0.640. The van der Waals surface area contributed by atoms with Crippen LogP contribution in [0.5, 0.6) is 0 Å². The lowest BCUT2D eigenvalue weighted by molar-refractivity contribution is -0.183. The molecule has 2 atom stereocenters. The zero-order valence-corrected chi connectivity index (χ0v) is 21.4. The molecule has 0 aromatic rings. The number of hydrogen-bond acceptors (Lipinski definition) is 8. The predicted octanol–water partition coefficient (Wildman–Crippen LogP) is 3.17. The van der Waals surface area contributed by atoms with Crippen LogP contribution in [0.15, 0.2) is 36.0 Å². The highest BCUT2D eigenvalue weighted by Gasteiger charge is 2.55. The molecule has 194 valence electrons. The first kappa shape index (κ1) is 27.1. The molecule has 2 unspecified atom stereocenters. The predicted molar refractivity (Wildman–Crippen MR) is 127 cm³/mol. The molecule has 9 nitrogen and oxygen atoms in total. The molecule has 5 rings (SSSR count). The second-order valence-electron chi connectivity index (χ2n) is 10.4. The van der Waals surface area contributed by atoms with Crippen LogP contribution in [0.2, 0.25) is 0 Å². The van der Waals surface area contributed by atoms with E-state index in [4.69, 9.17) is 18.8 Å². The minimum absolute atomic E-state index is 0.176. The first-order valence-electron chi connectivity index (χ1n) is 11.7. The molecule has 4 saturated carbocycles. The molecule has 0 amide bonds. The molecule has 0 saturated heterocycles. The van der Waals surface area contributed by atoms with Gasteiger partial charge < -0.3 is 14.6 Å². The first-order chi connectivity index (χ1) is 16.2. The normalized spacial score (nSPS) is 34.8. The Balaban J connectivity index is 0.000000509. The van der Waals surface area contributed by atoms with Gasteiger partial charge in [-0.15, -0.1) is 0 Å². The Bertz CT molecular complexity index is 1020. The van der Waals surface area contributed by atoms with Gasteiger partial charge in [-0.1, -0.05) is 25.7 Å². The number of hydrogen-bond donors (Lipinski definition) is 1. The standard InChI is InChI=1S/C21H28O7S.C4H6O2/c1-13-17(5-4-6-21(13,19(23)26-2)28-29(3,24)25)18(22)27-20-10-14-7-15(11-20)9-16(8-14)12-20;1-3(2)4(5)6/h4-6,13-16H,7-12H2,1-3H3;1H2,2H3,(H,5,6). The molecule has 0 heterocycles. The molecule has 5 aliphatic rings. The minimum Gasteiger partial charge on any atom is -0.478 e. The van der Waals surface area contributed by atoms with Crippen molar-refractivity contribution in [2.75, 3.05) is 13.4 Å². The molecule has 0 spiro atoms. The van der Waals surface area contributed by atoms with Crippen LogP contribution in [0.25, 0.3) is 0 Å². The number of aliphatic carboxylic acids is 1. The Morgan fingerprint density at radius 2 is 1.57 bits per heavy atom. The molecule has 0 radical (unpaired) electrons. The largest absolute Gasteiger partial charge is 0.478 e. The van der Waals surface area contributed by atoms with Crippen LogP contribution < -0.4 is 0 Å². The monoisotopic (exact) mass is 510 g/mol. The zero-order chi connectivity index (χ0) is 26.2. The number of esters is 2. The third-order valence-electron chi connectivity index (χ3n) is 7.42. The van der Waals surface area contributed by atoms with Crippen LogP contribution >= 0.6 is 0 Å². The number of allylic oxidation sites excluding steroid dienone is 2. The Morgan fingerprint density at radius 3 is 1.97 bits per heavy atom. The van der Waals surface area contributed by atoms with Gasteiger partial charge in [-0.2, -0.15) is 8.42 Å². The number of carboxylic acid groups (broad SMARTS) is 1. The summed E-state index contributed by atoms with van der Waals surface area (Å²) in [4.78, 5) is 35.3. The van der Waals surface area contributed by atoms with Gasteiger partial charge in [0.1, 0.15) is 5.60 Å². The zero-order valence-electron chi connectivity index (χ0n) is 20.6. The van der Waals surface area contributed by atoms with Gasteiger partial charge in [0, 0.05) is 17.1 Å². The summed E-state index contributed by atoms with van der Waals surface area (Å²) < 4.78 is 39.8. The second-order valence-corrected chi connectivity index (χ2v) is 11.9. The summed E-state index contributed by atoms with van der Waals surface area (Å²) in [5, 5.41) is 7.89. The lowest BCUT2D eigenvalue weighted by Crippen LogP contribution is -2.54. The van der Waals surface area contributed by atoms with Crippen molar-refractivity contribution < 1.29 is 41.6 Å². The van der Waals surface area contributed by atoms with E-state index in [1.54, 1.807) is 13.0 Å². The maximum atomic E-state index is 13.2. The highest BCUT2D eigenvalue weighted by atomic mass is 32.2. The van der Waals surface area contributed by atoms with E-state index < -0.39 is 45.1 Å². The third-order valence-corrected chi connectivity index (χ3v) is 7.99. The Hall–Kier alpha value is -2.46. The van der Waals surface area contributed by atoms with Crippen LogP contribution in [0.3, 0.4) is 0 Å². The van der Waals surface area contributed by atoms with Crippen LogP contribution in [0.4, 0.5) is 0 Å². The molecule has 5 aliphatic carbocycles. The number of methoxy groups -OCH3 is 1. The fourth-order valence-corrected chi connectivity index (χ4v) is 7.03. The summed E-state index contributed by atoms with van der Waals surface area (Å²) in [5.41, 5.74) is -1.96. The van der Waals surface area contributed by atoms with Gasteiger partial charge >= 0.3 is 17.9 Å². The minimum atomic E-state index is -3.99. The van der Waals surface area contributed by atoms with Gasteiger partial charge in [0.15, 0.2) is 0 Å². The average Bonchev–Trinajstić information content (AvgIpc) is 2.72. The quantitative estimate of drug-likeness (QED) is 0.325. The van der Waals surface area contributed by atoms with Gasteiger partial charge in [0.2, 0.25) is 5.60 Å². The molecule has 10 heteroatoms. The van der Waals surface area contributed by atoms with Gasteiger partial charge in [-0.25, -0.2) is 18.6 Å². The smallest absolute Gasteiger partial charge is 0.344 e. The van der Waals surface area contributed by atoms with E-state index in [0.29, 0.717) is 17.8 Å². The first-order valence-corrected chi connectivity index (χ1v) is 13.5. The highest BCUT2D eigenvalue weighted by Crippen LogP contribution is 2.57. The van der Waals surface area contributed by atoms with Crippen LogP contribution in [-0.4, -0.2) is 56.0 Å². The molecule has 35 heavy (non-hydrogen) atoms. The fourth-order valence-electron chi connectivity index (χ4n) is 6.26. The lowest BCUT2D eigenvalue weighted by atomic mass is 9.54. The highest BCUT2D eigenvalue weighted by molar-refractivity contribution is 7.86. The van der Waals surface area contributed by atoms with E-state index in [1.807, 2.05) is 0 Å². The van der Waals surface area contributed by atoms with Crippen LogP contribution in [-0.2, 0) is 38.2 Å². The summed E-state index contributed by atoms with van der Waals surface area (Å²) >= 11 is 0. The number of carbonyl (C=O) groups excluding carboxylic acids is 2. The van der Waals surface area contributed by atoms with Crippen molar-refractivity contribution in [1.82, 2.24) is 0 Å². The summed E-state index contributed by atoms with van der Waals surface area (Å²) in [7, 11) is -2.84. The summed E-state index contributed by atoms with van der Waals surface area (Å²) in [5.74, 6) is -1.33. The number of ether oxygens (including phenoxy) is 2. The molecule has 4 fully saturated rings. The SMILES string of the molecule is C=C(C)C(=O)O.COC(=O)C1(OS(C)(=O)=O)C=CC=C(C(=O)OC23CC4CC(CC(C4)C2)C3)C1C. The molecule has 0 aromatic carbocycles. The van der Waals surface area contributed by atoms with Crippen molar-refractivity contribution in [3.05, 3.63) is 36.0 Å². The maximum absolute atomic E-state index is 13.2. The van der Waals surface area contributed by atoms with Crippen molar-refractivity contribution >= 4 is 28.0 Å². The van der Waals surface area contributed by atoms with Crippen molar-refractivity contribution in [3.63, 3.8) is 0 Å². The van der Waals surface area contributed by atoms with Crippen molar-refractivity contribution in [3.8, 4) is 0 Å². The lowest BCUT2D eigenvalue weighted by Gasteiger charge is -2.55. The van der Waals surface area contributed by atoms with E-state index in [-0.39, 0.29) is 11.1 Å². The molecular formula is C25H34O9S. The number of rotatable bonds is 6. The summed E-state index contributed by atoms with van der Waals surface area (Å²) in [6.45, 7) is 6.18. The average molecular weight is 511 g/mol. The Kier molecular flexibility index (Phi) is 7.67. The topological polar surface area (TPSA) is 133 Å². The molecular weight excluding hydrogens is 476 g/mol. The van der Waals surface area contributed by atoms with Crippen LogP contribution in [0, 0.1) is 23.7 Å². The van der Waals surface area contributed by atoms with Gasteiger partial charge in [0.25, 0.3) is 10.1 Å². The van der Waals surface area contributed by atoms with Gasteiger partial charge in [-0.3, -0.25) is 0 Å². The van der Waals surface area contributed by atoms with Gasteiger partial charge in [-0.05, 0) is 69.3 Å². The number of carboxylic acids is 1. The van der Waals surface area contributed by atoms with Crippen molar-refractivity contribution in [1.29, 1.82) is 0 Å². The Morgan fingerprint density at radius 1 is 1.09 bits per heavy atom. The van der Waals surface area contributed by atoms with Crippen LogP contribution in [0.1, 0.15) is 52.4 Å². The van der Waals surface area contributed by atoms with E-state index >= 15 is 0 Å². The third kappa shape index (κ3) is 5.86. The van der Waals surface area contributed by atoms with E-state index in [9.17, 15) is 22.8 Å². The summed E-state index contributed by atoms with van der Waals surface area (Å²) in [6, 6.07) is 0. The molecule has 0 aliphatic heterocycles. The molecule has 4 bridgehead atoms.